The van der Waals surface area contributed by atoms with E-state index in [1.165, 1.54) is 0 Å². The minimum atomic E-state index is -1.52. The van der Waals surface area contributed by atoms with E-state index in [1.807, 2.05) is 18.2 Å². The Morgan fingerprint density at radius 3 is 2.38 bits per heavy atom. The lowest BCUT2D eigenvalue weighted by Gasteiger charge is -2.39. The number of fused-ring (bicyclic) bond motifs is 3. The number of aliphatic hydroxyl groups excluding tert-OH is 4. The normalized spacial score (nSPS) is 24.7. The minimum absolute atomic E-state index is 0.138. The molecule has 9 nitrogen and oxygen atoms in total. The SMILES string of the molecule is COc1cc(O)c(Cc2ccc(O[C@@H]3O[C@H](CO)[C@@H](O)[C@H](O)[C@H]3O)cc2)c2c1-c1ccc(O)cc1CC2. The fraction of sp³-hybridized carbons (Fsp3) is 0.357. The van der Waals surface area contributed by atoms with Gasteiger partial charge in [-0.25, -0.2) is 0 Å². The lowest BCUT2D eigenvalue weighted by molar-refractivity contribution is -0.277. The van der Waals surface area contributed by atoms with E-state index >= 15 is 0 Å². The molecule has 3 aromatic rings. The van der Waals surface area contributed by atoms with Crippen molar-refractivity contribution in [1.29, 1.82) is 0 Å². The Balaban J connectivity index is 1.39. The van der Waals surface area contributed by atoms with Crippen LogP contribution in [0.4, 0.5) is 0 Å². The van der Waals surface area contributed by atoms with Crippen LogP contribution >= 0.6 is 0 Å². The molecule has 0 unspecified atom stereocenters. The van der Waals surface area contributed by atoms with Crippen molar-refractivity contribution in [3.05, 3.63) is 70.8 Å². The summed E-state index contributed by atoms with van der Waals surface area (Å²) < 4.78 is 16.7. The second-order valence-electron chi connectivity index (χ2n) is 9.41. The molecule has 1 aliphatic carbocycles. The van der Waals surface area contributed by atoms with Gasteiger partial charge in [0.2, 0.25) is 6.29 Å². The highest BCUT2D eigenvalue weighted by atomic mass is 16.7. The molecular weight excluding hydrogens is 480 g/mol. The highest BCUT2D eigenvalue weighted by Gasteiger charge is 2.44. The van der Waals surface area contributed by atoms with Crippen molar-refractivity contribution in [3.63, 3.8) is 0 Å². The average Bonchev–Trinajstić information content (AvgIpc) is 2.90. The Bertz CT molecular complexity index is 1270. The molecule has 5 rings (SSSR count). The van der Waals surface area contributed by atoms with Crippen LogP contribution in [0.3, 0.4) is 0 Å². The molecule has 1 heterocycles. The predicted octanol–water partition coefficient (Wildman–Crippen LogP) is 1.64. The molecule has 0 aromatic heterocycles. The maximum atomic E-state index is 10.9. The number of rotatable bonds is 6. The maximum Gasteiger partial charge on any atom is 0.229 e. The third-order valence-corrected chi connectivity index (χ3v) is 7.12. The first-order chi connectivity index (χ1) is 17.8. The molecule has 6 N–H and O–H groups in total. The average molecular weight is 511 g/mol. The standard InChI is InChI=1S/C28H30O9/c1-35-22-12-21(31)20(19-8-4-15-11-16(30)5-9-18(15)24(19)22)10-14-2-6-17(7-3-14)36-28-27(34)26(33)25(32)23(13-29)37-28/h2-3,5-7,9,11-12,23,25-34H,4,8,10,13H2,1H3/t23-,25-,26+,27-,28-/m1/s1. The molecule has 1 fully saturated rings. The Kier molecular flexibility index (Phi) is 6.98. The van der Waals surface area contributed by atoms with Gasteiger partial charge in [-0.1, -0.05) is 18.2 Å². The van der Waals surface area contributed by atoms with Crippen molar-refractivity contribution in [2.24, 2.45) is 0 Å². The number of aryl methyl sites for hydroxylation is 1. The second kappa shape index (κ2) is 10.2. The number of ether oxygens (including phenoxy) is 3. The summed E-state index contributed by atoms with van der Waals surface area (Å²) >= 11 is 0. The zero-order valence-electron chi connectivity index (χ0n) is 20.2. The molecule has 5 atom stereocenters. The summed E-state index contributed by atoms with van der Waals surface area (Å²) in [5.74, 6) is 1.29. The molecule has 0 bridgehead atoms. The first kappa shape index (κ1) is 25.3. The first-order valence-corrected chi connectivity index (χ1v) is 12.1. The largest absolute Gasteiger partial charge is 0.508 e. The smallest absolute Gasteiger partial charge is 0.229 e. The maximum absolute atomic E-state index is 10.9. The van der Waals surface area contributed by atoms with E-state index in [4.69, 9.17) is 14.2 Å². The van der Waals surface area contributed by atoms with E-state index in [0.717, 1.165) is 39.8 Å². The molecule has 1 aliphatic heterocycles. The quantitative estimate of drug-likeness (QED) is 0.291. The molecule has 2 aliphatic rings. The van der Waals surface area contributed by atoms with Crippen molar-refractivity contribution >= 4 is 0 Å². The van der Waals surface area contributed by atoms with Crippen molar-refractivity contribution in [1.82, 2.24) is 0 Å². The Hall–Kier alpha value is -3.34. The topological polar surface area (TPSA) is 149 Å². The van der Waals surface area contributed by atoms with Crippen LogP contribution in [0.5, 0.6) is 23.0 Å². The van der Waals surface area contributed by atoms with Crippen LogP contribution in [0, 0.1) is 0 Å². The van der Waals surface area contributed by atoms with Crippen LogP contribution in [0.15, 0.2) is 48.5 Å². The zero-order chi connectivity index (χ0) is 26.3. The van der Waals surface area contributed by atoms with Gasteiger partial charge in [0.05, 0.1) is 13.7 Å². The van der Waals surface area contributed by atoms with Gasteiger partial charge in [-0.05, 0) is 59.4 Å². The van der Waals surface area contributed by atoms with E-state index in [1.54, 1.807) is 37.4 Å². The fourth-order valence-corrected chi connectivity index (χ4v) is 5.15. The Morgan fingerprint density at radius 2 is 1.68 bits per heavy atom. The number of hydrogen-bond acceptors (Lipinski definition) is 9. The van der Waals surface area contributed by atoms with Crippen LogP contribution in [0.1, 0.15) is 22.3 Å². The van der Waals surface area contributed by atoms with Gasteiger partial charge < -0.3 is 44.8 Å². The van der Waals surface area contributed by atoms with Crippen LogP contribution in [-0.2, 0) is 24.0 Å². The highest BCUT2D eigenvalue weighted by molar-refractivity contribution is 5.81. The number of phenolic OH excluding ortho intramolecular Hbond substituents is 2. The molecular formula is C28H30O9. The number of aliphatic hydroxyl groups is 4. The second-order valence-corrected chi connectivity index (χ2v) is 9.41. The van der Waals surface area contributed by atoms with Crippen molar-refractivity contribution in [3.8, 4) is 34.1 Å². The van der Waals surface area contributed by atoms with E-state index in [2.05, 4.69) is 0 Å². The molecule has 0 spiro atoms. The monoisotopic (exact) mass is 510 g/mol. The van der Waals surface area contributed by atoms with Crippen molar-refractivity contribution in [2.75, 3.05) is 13.7 Å². The number of aromatic hydroxyl groups is 2. The third-order valence-electron chi connectivity index (χ3n) is 7.12. The van der Waals surface area contributed by atoms with Gasteiger partial charge >= 0.3 is 0 Å². The number of methoxy groups -OCH3 is 1. The molecule has 9 heteroatoms. The van der Waals surface area contributed by atoms with Gasteiger partial charge in [0, 0.05) is 23.6 Å². The summed E-state index contributed by atoms with van der Waals surface area (Å²) in [4.78, 5) is 0. The molecule has 3 aromatic carbocycles. The molecule has 196 valence electrons. The van der Waals surface area contributed by atoms with Crippen LogP contribution in [0.2, 0.25) is 0 Å². The van der Waals surface area contributed by atoms with E-state index in [9.17, 15) is 30.6 Å². The number of benzene rings is 3. The molecule has 0 saturated carbocycles. The summed E-state index contributed by atoms with van der Waals surface area (Å²) in [5, 5.41) is 60.3. The van der Waals surface area contributed by atoms with Gasteiger partial charge in [-0.3, -0.25) is 0 Å². The van der Waals surface area contributed by atoms with Gasteiger partial charge in [0.1, 0.15) is 47.4 Å². The molecule has 37 heavy (non-hydrogen) atoms. The molecule has 0 amide bonds. The molecule has 1 saturated heterocycles. The van der Waals surface area contributed by atoms with Gasteiger partial charge in [0.15, 0.2) is 0 Å². The lowest BCUT2D eigenvalue weighted by Crippen LogP contribution is -2.60. The summed E-state index contributed by atoms with van der Waals surface area (Å²) in [7, 11) is 1.57. The van der Waals surface area contributed by atoms with Gasteiger partial charge in [0.25, 0.3) is 0 Å². The summed E-state index contributed by atoms with van der Waals surface area (Å²) in [6.07, 6.45) is -4.93. The summed E-state index contributed by atoms with van der Waals surface area (Å²) in [6.45, 7) is -0.537. The van der Waals surface area contributed by atoms with Crippen LogP contribution < -0.4 is 9.47 Å². The first-order valence-electron chi connectivity index (χ1n) is 12.1. The van der Waals surface area contributed by atoms with E-state index in [0.29, 0.717) is 24.3 Å². The lowest BCUT2D eigenvalue weighted by atomic mass is 9.81. The van der Waals surface area contributed by atoms with Crippen LogP contribution in [-0.4, -0.2) is 75.1 Å². The van der Waals surface area contributed by atoms with Crippen molar-refractivity contribution < 1.29 is 44.8 Å². The summed E-state index contributed by atoms with van der Waals surface area (Å²) in [6, 6.07) is 13.9. The van der Waals surface area contributed by atoms with E-state index < -0.39 is 37.3 Å². The Labute approximate surface area is 213 Å². The third kappa shape index (κ3) is 4.72. The molecule has 0 radical (unpaired) electrons. The van der Waals surface area contributed by atoms with E-state index in [-0.39, 0.29) is 11.5 Å². The fourth-order valence-electron chi connectivity index (χ4n) is 5.15. The van der Waals surface area contributed by atoms with Gasteiger partial charge in [-0.2, -0.15) is 0 Å². The van der Waals surface area contributed by atoms with Gasteiger partial charge in [-0.15, -0.1) is 0 Å². The Morgan fingerprint density at radius 1 is 0.919 bits per heavy atom. The number of phenols is 2. The zero-order valence-corrected chi connectivity index (χ0v) is 20.2. The highest BCUT2D eigenvalue weighted by Crippen LogP contribution is 2.46. The predicted molar refractivity (Wildman–Crippen MR) is 133 cm³/mol. The van der Waals surface area contributed by atoms with Crippen molar-refractivity contribution in [2.45, 2.75) is 50.0 Å². The minimum Gasteiger partial charge on any atom is -0.508 e. The summed E-state index contributed by atoms with van der Waals surface area (Å²) in [5.41, 5.74) is 5.60. The van der Waals surface area contributed by atoms with Crippen LogP contribution in [0.25, 0.3) is 11.1 Å². The number of hydrogen-bond donors (Lipinski definition) is 6.